The average Bonchev–Trinajstić information content (AvgIpc) is 2.71. The number of hydrogen-bond acceptors (Lipinski definition) is 8. The molecule has 1 aliphatic rings. The molecule has 3 aromatic heterocycles. The van der Waals surface area contributed by atoms with E-state index in [1.54, 1.807) is 0 Å². The molecule has 0 unspecified atom stereocenters. The summed E-state index contributed by atoms with van der Waals surface area (Å²) in [6.45, 7) is 5.31. The van der Waals surface area contributed by atoms with E-state index in [0.29, 0.717) is 17.3 Å². The fourth-order valence-electron chi connectivity index (χ4n) is 3.16. The van der Waals surface area contributed by atoms with Crippen molar-refractivity contribution in [2.24, 2.45) is 0 Å². The molecule has 0 aliphatic carbocycles. The molecule has 0 radical (unpaired) electrons. The highest BCUT2D eigenvalue weighted by atomic mass is 15.3. The second-order valence-corrected chi connectivity index (χ2v) is 6.41. The zero-order valence-corrected chi connectivity index (χ0v) is 15.2. The molecule has 4 heterocycles. The van der Waals surface area contributed by atoms with Gasteiger partial charge in [-0.05, 0) is 31.2 Å². The van der Waals surface area contributed by atoms with Crippen LogP contribution in [0.4, 0.5) is 29.0 Å². The second-order valence-electron chi connectivity index (χ2n) is 6.41. The van der Waals surface area contributed by atoms with Gasteiger partial charge in [0.2, 0.25) is 0 Å². The zero-order chi connectivity index (χ0) is 18.6. The van der Waals surface area contributed by atoms with Gasteiger partial charge in [0.1, 0.15) is 23.7 Å². The Bertz CT molecular complexity index is 907. The van der Waals surface area contributed by atoms with Crippen molar-refractivity contribution < 1.29 is 0 Å². The summed E-state index contributed by atoms with van der Waals surface area (Å²) in [5, 5.41) is 3.19. The number of hydrogen-bond donors (Lipinski definition) is 2. The summed E-state index contributed by atoms with van der Waals surface area (Å²) < 4.78 is 0. The van der Waals surface area contributed by atoms with Crippen LogP contribution in [0.5, 0.6) is 0 Å². The van der Waals surface area contributed by atoms with Gasteiger partial charge in [-0.1, -0.05) is 12.1 Å². The van der Waals surface area contributed by atoms with Crippen molar-refractivity contribution in [1.29, 1.82) is 0 Å². The number of nitrogen functional groups attached to an aromatic ring is 1. The van der Waals surface area contributed by atoms with Gasteiger partial charge in [-0.25, -0.2) is 19.9 Å². The minimum Gasteiger partial charge on any atom is -0.393 e. The molecule has 0 amide bonds. The number of pyridine rings is 2. The quantitative estimate of drug-likeness (QED) is 0.729. The van der Waals surface area contributed by atoms with Gasteiger partial charge >= 0.3 is 0 Å². The van der Waals surface area contributed by atoms with Gasteiger partial charge in [0.25, 0.3) is 0 Å². The summed E-state index contributed by atoms with van der Waals surface area (Å²) in [5.74, 6) is 3.04. The molecule has 1 fully saturated rings. The van der Waals surface area contributed by atoms with Crippen LogP contribution in [0.1, 0.15) is 5.69 Å². The highest BCUT2D eigenvalue weighted by Gasteiger charge is 2.22. The number of anilines is 5. The van der Waals surface area contributed by atoms with Crippen LogP contribution in [-0.2, 0) is 0 Å². The van der Waals surface area contributed by atoms with Crippen LogP contribution < -0.4 is 20.9 Å². The first-order chi connectivity index (χ1) is 13.2. The van der Waals surface area contributed by atoms with E-state index in [4.69, 9.17) is 5.73 Å². The zero-order valence-electron chi connectivity index (χ0n) is 15.2. The second kappa shape index (κ2) is 7.45. The molecule has 0 spiro atoms. The predicted octanol–water partition coefficient (Wildman–Crippen LogP) is 2.23. The van der Waals surface area contributed by atoms with Crippen LogP contribution in [0.3, 0.4) is 0 Å². The summed E-state index contributed by atoms with van der Waals surface area (Å²) in [6.07, 6.45) is 3.36. The molecular formula is C19H22N8. The molecule has 8 nitrogen and oxygen atoms in total. The third kappa shape index (κ3) is 3.74. The average molecular weight is 362 g/mol. The van der Waals surface area contributed by atoms with E-state index in [-0.39, 0.29) is 0 Å². The Labute approximate surface area is 158 Å². The van der Waals surface area contributed by atoms with Crippen LogP contribution in [0.2, 0.25) is 0 Å². The van der Waals surface area contributed by atoms with Crippen molar-refractivity contribution in [1.82, 2.24) is 19.9 Å². The SMILES string of the molecule is Cc1cccc(Nc2ncnc(N3CCN(c4ccccn4)CC3)c2N)n1. The minimum atomic E-state index is 0.534. The van der Waals surface area contributed by atoms with Crippen molar-refractivity contribution in [3.05, 3.63) is 54.6 Å². The van der Waals surface area contributed by atoms with E-state index in [1.165, 1.54) is 6.33 Å². The van der Waals surface area contributed by atoms with Gasteiger partial charge in [0.05, 0.1) is 0 Å². The number of nitrogens with two attached hydrogens (primary N) is 1. The van der Waals surface area contributed by atoms with Gasteiger partial charge in [0, 0.05) is 38.1 Å². The molecule has 0 atom stereocenters. The smallest absolute Gasteiger partial charge is 0.160 e. The molecule has 138 valence electrons. The van der Waals surface area contributed by atoms with Crippen molar-refractivity contribution in [3.8, 4) is 0 Å². The third-order valence-corrected chi connectivity index (χ3v) is 4.55. The van der Waals surface area contributed by atoms with Crippen LogP contribution in [0, 0.1) is 6.92 Å². The summed E-state index contributed by atoms with van der Waals surface area (Å²) in [4.78, 5) is 22.0. The van der Waals surface area contributed by atoms with E-state index >= 15 is 0 Å². The number of nitrogens with zero attached hydrogens (tertiary/aromatic N) is 6. The Balaban J connectivity index is 1.48. The van der Waals surface area contributed by atoms with Crippen molar-refractivity contribution >= 4 is 29.0 Å². The summed E-state index contributed by atoms with van der Waals surface area (Å²) in [7, 11) is 0. The van der Waals surface area contributed by atoms with Crippen LogP contribution in [0.25, 0.3) is 0 Å². The molecule has 0 bridgehead atoms. The van der Waals surface area contributed by atoms with Gasteiger partial charge < -0.3 is 20.9 Å². The van der Waals surface area contributed by atoms with Crippen LogP contribution >= 0.6 is 0 Å². The molecule has 0 saturated carbocycles. The Hall–Kier alpha value is -3.42. The van der Waals surface area contributed by atoms with E-state index in [0.717, 1.165) is 43.5 Å². The maximum absolute atomic E-state index is 6.36. The monoisotopic (exact) mass is 362 g/mol. The van der Waals surface area contributed by atoms with Gasteiger partial charge in [-0.15, -0.1) is 0 Å². The fourth-order valence-corrected chi connectivity index (χ4v) is 3.16. The first-order valence-electron chi connectivity index (χ1n) is 8.93. The maximum atomic E-state index is 6.36. The lowest BCUT2D eigenvalue weighted by molar-refractivity contribution is 0.642. The molecule has 4 rings (SSSR count). The highest BCUT2D eigenvalue weighted by Crippen LogP contribution is 2.29. The number of piperazine rings is 1. The molecule has 1 saturated heterocycles. The molecular weight excluding hydrogens is 340 g/mol. The molecule has 8 heteroatoms. The third-order valence-electron chi connectivity index (χ3n) is 4.55. The first kappa shape index (κ1) is 17.0. The fraction of sp³-hybridized carbons (Fsp3) is 0.263. The number of nitrogens with one attached hydrogen (secondary N) is 1. The molecule has 27 heavy (non-hydrogen) atoms. The summed E-state index contributed by atoms with van der Waals surface area (Å²) >= 11 is 0. The van der Waals surface area contributed by atoms with Gasteiger partial charge in [-0.2, -0.15) is 0 Å². The normalized spacial score (nSPS) is 14.3. The van der Waals surface area contributed by atoms with Crippen molar-refractivity contribution in [2.45, 2.75) is 6.92 Å². The summed E-state index contributed by atoms with van der Waals surface area (Å²) in [6, 6.07) is 11.7. The van der Waals surface area contributed by atoms with Gasteiger partial charge in [-0.3, -0.25) is 0 Å². The first-order valence-corrected chi connectivity index (χ1v) is 8.93. The Morgan fingerprint density at radius 3 is 2.48 bits per heavy atom. The lowest BCUT2D eigenvalue weighted by atomic mass is 10.3. The standard InChI is InChI=1S/C19H22N8/c1-14-5-4-6-15(24-14)25-18-17(20)19(23-13-22-18)27-11-9-26(10-12-27)16-7-2-3-8-21-16/h2-8,13H,9-12,20H2,1H3,(H,22,23,24,25). The Morgan fingerprint density at radius 1 is 0.926 bits per heavy atom. The molecule has 0 aromatic carbocycles. The number of rotatable bonds is 4. The topological polar surface area (TPSA) is 96.1 Å². The number of aryl methyl sites for hydroxylation is 1. The predicted molar refractivity (Wildman–Crippen MR) is 107 cm³/mol. The Morgan fingerprint density at radius 2 is 1.74 bits per heavy atom. The lowest BCUT2D eigenvalue weighted by Gasteiger charge is -2.36. The minimum absolute atomic E-state index is 0.534. The van der Waals surface area contributed by atoms with Crippen LogP contribution in [0.15, 0.2) is 48.9 Å². The number of aromatic nitrogens is 4. The molecule has 1 aliphatic heterocycles. The molecule has 3 aromatic rings. The largest absolute Gasteiger partial charge is 0.393 e. The Kier molecular flexibility index (Phi) is 4.69. The molecule has 3 N–H and O–H groups in total. The van der Waals surface area contributed by atoms with Crippen molar-refractivity contribution in [3.63, 3.8) is 0 Å². The maximum Gasteiger partial charge on any atom is 0.160 e. The van der Waals surface area contributed by atoms with Gasteiger partial charge in [0.15, 0.2) is 11.6 Å². The summed E-state index contributed by atoms with van der Waals surface area (Å²) in [5.41, 5.74) is 7.83. The van der Waals surface area contributed by atoms with E-state index < -0.39 is 0 Å². The van der Waals surface area contributed by atoms with E-state index in [2.05, 4.69) is 35.1 Å². The van der Waals surface area contributed by atoms with E-state index in [1.807, 2.05) is 49.5 Å². The lowest BCUT2D eigenvalue weighted by Crippen LogP contribution is -2.47. The van der Waals surface area contributed by atoms with Crippen LogP contribution in [-0.4, -0.2) is 46.1 Å². The highest BCUT2D eigenvalue weighted by molar-refractivity contribution is 5.77. The van der Waals surface area contributed by atoms with Crippen molar-refractivity contribution in [2.75, 3.05) is 47.0 Å². The van der Waals surface area contributed by atoms with E-state index in [9.17, 15) is 0 Å².